The molecule has 1 saturated heterocycles. The molecule has 1 aromatic rings. The third-order valence-electron chi connectivity index (χ3n) is 3.48. The fraction of sp³-hybridized carbons (Fsp3) is 0.667. The average molecular weight is 295 g/mol. The summed E-state index contributed by atoms with van der Waals surface area (Å²) in [5.41, 5.74) is 0. The molecule has 2 N–H and O–H groups in total. The number of aliphatic imine (C=N–C) groups is 1. The van der Waals surface area contributed by atoms with Crippen LogP contribution in [0.4, 0.5) is 0 Å². The van der Waals surface area contributed by atoms with Crippen LogP contribution in [0.2, 0.25) is 0 Å². The molecule has 1 aliphatic heterocycles. The van der Waals surface area contributed by atoms with Gasteiger partial charge in [0.25, 0.3) is 0 Å². The van der Waals surface area contributed by atoms with Gasteiger partial charge in [0.15, 0.2) is 5.96 Å². The van der Waals surface area contributed by atoms with Crippen molar-refractivity contribution in [3.05, 3.63) is 22.4 Å². The van der Waals surface area contributed by atoms with Gasteiger partial charge in [0.05, 0.1) is 6.10 Å². The Morgan fingerprint density at radius 2 is 2.50 bits per heavy atom. The van der Waals surface area contributed by atoms with Crippen molar-refractivity contribution in [2.45, 2.75) is 32.8 Å². The lowest BCUT2D eigenvalue weighted by molar-refractivity contribution is 0.187. The van der Waals surface area contributed by atoms with Crippen LogP contribution >= 0.6 is 11.3 Å². The Balaban J connectivity index is 1.88. The van der Waals surface area contributed by atoms with Gasteiger partial charge in [-0.15, -0.1) is 11.3 Å². The van der Waals surface area contributed by atoms with E-state index in [9.17, 15) is 5.11 Å². The minimum atomic E-state index is -0.206. The van der Waals surface area contributed by atoms with E-state index in [1.807, 2.05) is 11.3 Å². The Kier molecular flexibility index (Phi) is 5.86. The minimum absolute atomic E-state index is 0.206. The summed E-state index contributed by atoms with van der Waals surface area (Å²) in [6.45, 7) is 7.61. The lowest BCUT2D eigenvalue weighted by Crippen LogP contribution is -2.40. The zero-order valence-corrected chi connectivity index (χ0v) is 13.2. The number of rotatable bonds is 5. The molecule has 1 aromatic heterocycles. The fourth-order valence-electron chi connectivity index (χ4n) is 2.44. The van der Waals surface area contributed by atoms with Crippen molar-refractivity contribution in [3.8, 4) is 0 Å². The second kappa shape index (κ2) is 7.64. The fourth-order valence-corrected chi connectivity index (χ4v) is 3.31. The molecule has 0 aliphatic carbocycles. The summed E-state index contributed by atoms with van der Waals surface area (Å²) < 4.78 is 0. The molecule has 4 nitrogen and oxygen atoms in total. The largest absolute Gasteiger partial charge is 0.391 e. The molecule has 1 unspecified atom stereocenters. The molecule has 1 fully saturated rings. The number of thiophene rings is 1. The summed E-state index contributed by atoms with van der Waals surface area (Å²) in [6, 6.07) is 4.29. The lowest BCUT2D eigenvalue weighted by atomic mass is 10.1. The molecule has 112 valence electrons. The molecule has 0 amide bonds. The zero-order valence-electron chi connectivity index (χ0n) is 12.4. The van der Waals surface area contributed by atoms with Crippen molar-refractivity contribution in [1.82, 2.24) is 10.2 Å². The van der Waals surface area contributed by atoms with E-state index < -0.39 is 0 Å². The van der Waals surface area contributed by atoms with Crippen molar-refractivity contribution < 1.29 is 5.11 Å². The third kappa shape index (κ3) is 4.49. The Morgan fingerprint density at radius 3 is 3.10 bits per heavy atom. The number of nitrogens with one attached hydrogen (secondary N) is 1. The molecule has 0 spiro atoms. The van der Waals surface area contributed by atoms with Gasteiger partial charge in [-0.3, -0.25) is 4.99 Å². The van der Waals surface area contributed by atoms with E-state index in [4.69, 9.17) is 4.99 Å². The molecule has 0 bridgehead atoms. The number of β-amino-alcohol motifs (C(OH)–C–C–N with tert-alkyl or cyclic N) is 1. The Labute approximate surface area is 125 Å². The number of hydrogen-bond acceptors (Lipinski definition) is 3. The molecule has 0 radical (unpaired) electrons. The topological polar surface area (TPSA) is 47.9 Å². The highest BCUT2D eigenvalue weighted by Crippen LogP contribution is 2.15. The van der Waals surface area contributed by atoms with Gasteiger partial charge >= 0.3 is 0 Å². The van der Waals surface area contributed by atoms with Crippen LogP contribution in [0.5, 0.6) is 0 Å². The Hall–Kier alpha value is -1.07. The summed E-state index contributed by atoms with van der Waals surface area (Å²) in [4.78, 5) is 8.32. The predicted molar refractivity (Wildman–Crippen MR) is 85.4 cm³/mol. The maximum atomic E-state index is 9.64. The van der Waals surface area contributed by atoms with Gasteiger partial charge in [-0.25, -0.2) is 0 Å². The van der Waals surface area contributed by atoms with Crippen molar-refractivity contribution in [2.75, 3.05) is 26.2 Å². The van der Waals surface area contributed by atoms with Gasteiger partial charge < -0.3 is 15.3 Å². The highest BCUT2D eigenvalue weighted by atomic mass is 32.1. The van der Waals surface area contributed by atoms with Crippen LogP contribution in [0.1, 0.15) is 25.1 Å². The highest BCUT2D eigenvalue weighted by molar-refractivity contribution is 7.09. The first-order chi connectivity index (χ1) is 9.69. The number of aliphatic hydroxyl groups is 1. The van der Waals surface area contributed by atoms with Crippen molar-refractivity contribution in [1.29, 1.82) is 0 Å². The summed E-state index contributed by atoms with van der Waals surface area (Å²) in [5, 5.41) is 15.1. The number of guanidine groups is 1. The summed E-state index contributed by atoms with van der Waals surface area (Å²) in [6.07, 6.45) is 1.72. The van der Waals surface area contributed by atoms with Gasteiger partial charge in [-0.1, -0.05) is 13.0 Å². The van der Waals surface area contributed by atoms with Crippen LogP contribution in [-0.2, 0) is 6.42 Å². The molecule has 1 aliphatic rings. The zero-order chi connectivity index (χ0) is 14.4. The first-order valence-electron chi connectivity index (χ1n) is 7.42. The minimum Gasteiger partial charge on any atom is -0.391 e. The van der Waals surface area contributed by atoms with E-state index in [2.05, 4.69) is 41.6 Å². The number of hydrogen-bond donors (Lipinski definition) is 2. The monoisotopic (exact) mass is 295 g/mol. The van der Waals surface area contributed by atoms with Crippen molar-refractivity contribution in [2.24, 2.45) is 10.9 Å². The van der Waals surface area contributed by atoms with Gasteiger partial charge in [0.1, 0.15) is 0 Å². The van der Waals surface area contributed by atoms with Gasteiger partial charge in [0, 0.05) is 31.1 Å². The van der Waals surface area contributed by atoms with E-state index in [1.165, 1.54) is 4.88 Å². The Morgan fingerprint density at radius 1 is 1.65 bits per heavy atom. The highest BCUT2D eigenvalue weighted by Gasteiger charge is 2.22. The number of likely N-dealkylation sites (tertiary alicyclic amines) is 1. The smallest absolute Gasteiger partial charge is 0.194 e. The van der Waals surface area contributed by atoms with Crippen LogP contribution < -0.4 is 5.32 Å². The molecule has 0 saturated carbocycles. The van der Waals surface area contributed by atoms with E-state index in [1.54, 1.807) is 0 Å². The molecule has 2 rings (SSSR count). The third-order valence-corrected chi connectivity index (χ3v) is 4.38. The van der Waals surface area contributed by atoms with E-state index >= 15 is 0 Å². The van der Waals surface area contributed by atoms with Crippen LogP contribution in [-0.4, -0.2) is 48.2 Å². The van der Waals surface area contributed by atoms with Crippen LogP contribution in [0.15, 0.2) is 22.5 Å². The SMILES string of the molecule is CCNC(=NCC(C)Cc1cccs1)N1CC[C@@H](O)C1. The van der Waals surface area contributed by atoms with E-state index in [-0.39, 0.29) is 6.10 Å². The molecule has 20 heavy (non-hydrogen) atoms. The Bertz CT molecular complexity index is 419. The number of aliphatic hydroxyl groups excluding tert-OH is 1. The van der Waals surface area contributed by atoms with Gasteiger partial charge in [-0.2, -0.15) is 0 Å². The standard InChI is InChI=1S/C15H25N3OS/c1-3-16-15(18-7-6-13(19)11-18)17-10-12(2)9-14-5-4-8-20-14/h4-5,8,12-13,19H,3,6-7,9-11H2,1-2H3,(H,16,17)/t12?,13-/m1/s1. The average Bonchev–Trinajstić information content (AvgIpc) is 3.06. The normalized spacial score (nSPS) is 21.2. The van der Waals surface area contributed by atoms with E-state index in [0.717, 1.165) is 38.4 Å². The maximum absolute atomic E-state index is 9.64. The van der Waals surface area contributed by atoms with Crippen molar-refractivity contribution >= 4 is 17.3 Å². The van der Waals surface area contributed by atoms with Crippen LogP contribution in [0, 0.1) is 5.92 Å². The van der Waals surface area contributed by atoms with Crippen LogP contribution in [0.25, 0.3) is 0 Å². The van der Waals surface area contributed by atoms with Gasteiger partial charge in [0.2, 0.25) is 0 Å². The quantitative estimate of drug-likeness (QED) is 0.645. The van der Waals surface area contributed by atoms with Crippen molar-refractivity contribution in [3.63, 3.8) is 0 Å². The first-order valence-corrected chi connectivity index (χ1v) is 8.30. The summed E-state index contributed by atoms with van der Waals surface area (Å²) >= 11 is 1.81. The van der Waals surface area contributed by atoms with Gasteiger partial charge in [-0.05, 0) is 37.1 Å². The molecule has 0 aromatic carbocycles. The second-order valence-corrected chi connectivity index (χ2v) is 6.50. The maximum Gasteiger partial charge on any atom is 0.194 e. The lowest BCUT2D eigenvalue weighted by Gasteiger charge is -2.21. The summed E-state index contributed by atoms with van der Waals surface area (Å²) in [7, 11) is 0. The molecule has 5 heteroatoms. The predicted octanol–water partition coefficient (Wildman–Crippen LogP) is 1.96. The van der Waals surface area contributed by atoms with Crippen LogP contribution in [0.3, 0.4) is 0 Å². The molecular weight excluding hydrogens is 270 g/mol. The molecule has 2 heterocycles. The van der Waals surface area contributed by atoms with E-state index in [0.29, 0.717) is 12.5 Å². The second-order valence-electron chi connectivity index (χ2n) is 5.47. The number of nitrogens with zero attached hydrogens (tertiary/aromatic N) is 2. The first kappa shape index (κ1) is 15.3. The summed E-state index contributed by atoms with van der Waals surface area (Å²) in [5.74, 6) is 1.48. The molecule has 2 atom stereocenters. The molecular formula is C15H25N3OS.